The van der Waals surface area contributed by atoms with Gasteiger partial charge < -0.3 is 9.64 Å². The maximum absolute atomic E-state index is 14.3. The fourth-order valence-electron chi connectivity index (χ4n) is 3.62. The summed E-state index contributed by atoms with van der Waals surface area (Å²) < 4.78 is 56.7. The lowest BCUT2D eigenvalue weighted by Gasteiger charge is -2.19. The lowest BCUT2D eigenvalue weighted by Crippen LogP contribution is -2.24. The van der Waals surface area contributed by atoms with Crippen LogP contribution in [0.5, 0.6) is 5.75 Å². The predicted molar refractivity (Wildman–Crippen MR) is 140 cm³/mol. The van der Waals surface area contributed by atoms with E-state index in [0.717, 1.165) is 16.9 Å². The second-order valence-corrected chi connectivity index (χ2v) is 9.34. The molecule has 38 heavy (non-hydrogen) atoms. The van der Waals surface area contributed by atoms with Crippen molar-refractivity contribution in [1.82, 2.24) is 14.8 Å². The summed E-state index contributed by atoms with van der Waals surface area (Å²) in [7, 11) is 0. The number of hydrogen-bond donors (Lipinski definition) is 0. The Labute approximate surface area is 223 Å². The number of rotatable bonds is 6. The van der Waals surface area contributed by atoms with E-state index in [2.05, 4.69) is 25.0 Å². The lowest BCUT2D eigenvalue weighted by atomic mass is 10.1. The summed E-state index contributed by atoms with van der Waals surface area (Å²) in [5, 5.41) is 13.7. The molecular weight excluding hydrogens is 544 g/mol. The van der Waals surface area contributed by atoms with Crippen molar-refractivity contribution < 1.29 is 22.3 Å². The van der Waals surface area contributed by atoms with Crippen LogP contribution in [0.1, 0.15) is 5.56 Å². The molecule has 0 bridgehead atoms. The predicted octanol–water partition coefficient (Wildman–Crippen LogP) is 6.57. The molecule has 4 aromatic rings. The molecule has 0 saturated carbocycles. The molecule has 0 aliphatic carbocycles. The van der Waals surface area contributed by atoms with Crippen LogP contribution in [0.4, 0.5) is 23.2 Å². The Kier molecular flexibility index (Phi) is 7.34. The number of alkyl halides is 3. The van der Waals surface area contributed by atoms with E-state index in [1.807, 2.05) is 24.3 Å². The maximum atomic E-state index is 14.3. The fraction of sp³-hybridized carbons (Fsp3) is 0.120. The minimum absolute atomic E-state index is 0.287. The summed E-state index contributed by atoms with van der Waals surface area (Å²) in [4.78, 5) is 5.99. The number of aromatic nitrogens is 3. The number of para-hydroxylation sites is 1. The van der Waals surface area contributed by atoms with Crippen LogP contribution in [0.15, 0.2) is 83.3 Å². The fourth-order valence-corrected chi connectivity index (χ4v) is 4.79. The van der Waals surface area contributed by atoms with Crippen molar-refractivity contribution >= 4 is 40.4 Å². The van der Waals surface area contributed by atoms with Crippen LogP contribution in [0, 0.1) is 5.82 Å². The summed E-state index contributed by atoms with van der Waals surface area (Å²) in [6, 6.07) is 17.1. The second kappa shape index (κ2) is 10.8. The first kappa shape index (κ1) is 25.7. The molecule has 0 N–H and O–H groups in total. The number of ether oxygens (including phenoxy) is 1. The highest BCUT2D eigenvalue weighted by Gasteiger charge is 2.31. The van der Waals surface area contributed by atoms with Crippen molar-refractivity contribution in [2.24, 2.45) is 10.2 Å². The first-order valence-corrected chi connectivity index (χ1v) is 12.5. The van der Waals surface area contributed by atoms with Crippen molar-refractivity contribution in [1.29, 1.82) is 0 Å². The monoisotopic (exact) mass is 560 g/mol. The lowest BCUT2D eigenvalue weighted by molar-refractivity contribution is -0.274. The molecule has 0 radical (unpaired) electrons. The van der Waals surface area contributed by atoms with Crippen LogP contribution in [0.3, 0.4) is 0 Å². The van der Waals surface area contributed by atoms with E-state index in [4.69, 9.17) is 11.6 Å². The topological polar surface area (TPSA) is 67.9 Å². The van der Waals surface area contributed by atoms with Crippen molar-refractivity contribution in [3.63, 3.8) is 0 Å². The molecule has 0 unspecified atom stereocenters. The molecule has 13 heteroatoms. The molecular formula is C25H17ClF4N6OS. The van der Waals surface area contributed by atoms with Gasteiger partial charge in [0, 0.05) is 17.9 Å². The average molecular weight is 561 g/mol. The summed E-state index contributed by atoms with van der Waals surface area (Å²) >= 11 is 7.66. The van der Waals surface area contributed by atoms with Crippen LogP contribution in [-0.4, -0.2) is 44.8 Å². The zero-order chi connectivity index (χ0) is 26.7. The quantitative estimate of drug-likeness (QED) is 0.152. The molecule has 3 aromatic carbocycles. The number of anilines is 1. The Balaban J connectivity index is 1.26. The van der Waals surface area contributed by atoms with Crippen molar-refractivity contribution in [2.45, 2.75) is 6.36 Å². The van der Waals surface area contributed by atoms with Gasteiger partial charge in [0.05, 0.1) is 22.6 Å². The van der Waals surface area contributed by atoms with E-state index < -0.39 is 12.2 Å². The molecule has 2 heterocycles. The van der Waals surface area contributed by atoms with Gasteiger partial charge in [-0.3, -0.25) is 0 Å². The molecule has 1 aliphatic rings. The third kappa shape index (κ3) is 5.97. The Bertz CT molecular complexity index is 1470. The van der Waals surface area contributed by atoms with Gasteiger partial charge in [-0.15, -0.1) is 23.4 Å². The number of amidine groups is 1. The molecule has 1 aliphatic heterocycles. The van der Waals surface area contributed by atoms with Gasteiger partial charge in [-0.05, 0) is 42.0 Å². The van der Waals surface area contributed by atoms with Crippen LogP contribution in [-0.2, 0) is 0 Å². The van der Waals surface area contributed by atoms with Crippen LogP contribution in [0.2, 0.25) is 5.02 Å². The summed E-state index contributed by atoms with van der Waals surface area (Å²) in [5.74, 6) is 0.429. The number of halogens is 5. The minimum atomic E-state index is -4.75. The Hall–Kier alpha value is -3.90. The standard InChI is InChI=1S/C25H17ClF4N6OS/c26-20-2-1-3-21(27)22(20)35-12-13-38-24(35)33-32-14-16-4-6-17(7-5-16)23-31-15-36(34-23)18-8-10-19(11-9-18)37-25(28,29)30/h1-11,14-15H,12-13H2/b32-14+,33-24-. The van der Waals surface area contributed by atoms with Crippen LogP contribution in [0.25, 0.3) is 17.1 Å². The minimum Gasteiger partial charge on any atom is -0.406 e. The third-order valence-electron chi connectivity index (χ3n) is 5.33. The van der Waals surface area contributed by atoms with E-state index in [1.165, 1.54) is 53.1 Å². The van der Waals surface area contributed by atoms with Gasteiger partial charge >= 0.3 is 6.36 Å². The van der Waals surface area contributed by atoms with Crippen molar-refractivity contribution in [3.05, 3.63) is 89.5 Å². The Morgan fingerprint density at radius 3 is 2.50 bits per heavy atom. The molecule has 1 fully saturated rings. The normalized spacial score (nSPS) is 15.1. The molecule has 5 rings (SSSR count). The van der Waals surface area contributed by atoms with E-state index >= 15 is 0 Å². The van der Waals surface area contributed by atoms with Gasteiger partial charge in [0.2, 0.25) is 0 Å². The van der Waals surface area contributed by atoms with E-state index in [-0.39, 0.29) is 11.4 Å². The third-order valence-corrected chi connectivity index (χ3v) is 6.58. The van der Waals surface area contributed by atoms with Gasteiger partial charge in [0.1, 0.15) is 17.9 Å². The average Bonchev–Trinajstić information content (AvgIpc) is 3.55. The second-order valence-electron chi connectivity index (χ2n) is 7.87. The maximum Gasteiger partial charge on any atom is 0.573 e. The SMILES string of the molecule is Fc1cccc(Cl)c1N1CCS/C1=N\N=C\c1ccc(-c2ncn(-c3ccc(OC(F)(F)F)cc3)n2)cc1. The summed E-state index contributed by atoms with van der Waals surface area (Å²) in [5.41, 5.74) is 2.32. The zero-order valence-corrected chi connectivity index (χ0v) is 20.9. The first-order valence-electron chi connectivity index (χ1n) is 11.1. The van der Waals surface area contributed by atoms with Gasteiger partial charge in [-0.25, -0.2) is 14.1 Å². The van der Waals surface area contributed by atoms with Crippen LogP contribution < -0.4 is 9.64 Å². The van der Waals surface area contributed by atoms with E-state index in [0.29, 0.717) is 28.2 Å². The molecule has 1 saturated heterocycles. The van der Waals surface area contributed by atoms with E-state index in [9.17, 15) is 17.6 Å². The molecule has 0 atom stereocenters. The number of nitrogens with zero attached hydrogens (tertiary/aromatic N) is 6. The van der Waals surface area contributed by atoms with Gasteiger partial charge in [0.25, 0.3) is 0 Å². The zero-order valence-electron chi connectivity index (χ0n) is 19.3. The number of benzene rings is 3. The summed E-state index contributed by atoms with van der Waals surface area (Å²) in [6.07, 6.45) is -1.71. The number of hydrogen-bond acceptors (Lipinski definition) is 6. The Morgan fingerprint density at radius 1 is 1.03 bits per heavy atom. The first-order chi connectivity index (χ1) is 18.3. The van der Waals surface area contributed by atoms with Crippen molar-refractivity contribution in [3.8, 4) is 22.8 Å². The highest BCUT2D eigenvalue weighted by molar-refractivity contribution is 8.14. The molecule has 1 aromatic heterocycles. The Morgan fingerprint density at radius 2 is 1.79 bits per heavy atom. The highest BCUT2D eigenvalue weighted by atomic mass is 35.5. The summed E-state index contributed by atoms with van der Waals surface area (Å²) in [6.45, 7) is 0.569. The van der Waals surface area contributed by atoms with E-state index in [1.54, 1.807) is 23.2 Å². The molecule has 194 valence electrons. The van der Waals surface area contributed by atoms with Gasteiger partial charge in [0.15, 0.2) is 11.0 Å². The highest BCUT2D eigenvalue weighted by Crippen LogP contribution is 2.34. The molecule has 0 amide bonds. The number of thioether (sulfide) groups is 1. The van der Waals surface area contributed by atoms with Crippen molar-refractivity contribution in [2.75, 3.05) is 17.2 Å². The molecule has 0 spiro atoms. The molecule has 7 nitrogen and oxygen atoms in total. The van der Waals surface area contributed by atoms with Gasteiger partial charge in [-0.1, -0.05) is 53.7 Å². The largest absolute Gasteiger partial charge is 0.573 e. The smallest absolute Gasteiger partial charge is 0.406 e. The van der Waals surface area contributed by atoms with Crippen LogP contribution >= 0.6 is 23.4 Å². The van der Waals surface area contributed by atoms with Gasteiger partial charge in [-0.2, -0.15) is 5.10 Å².